The van der Waals surface area contributed by atoms with E-state index in [0.29, 0.717) is 6.04 Å². The van der Waals surface area contributed by atoms with Crippen molar-refractivity contribution in [1.29, 1.82) is 0 Å². The lowest BCUT2D eigenvalue weighted by atomic mass is 10.0. The summed E-state index contributed by atoms with van der Waals surface area (Å²) >= 11 is 0. The Morgan fingerprint density at radius 3 is 2.07 bits per heavy atom. The van der Waals surface area contributed by atoms with Crippen LogP contribution in [-0.2, 0) is 0 Å². The maximum absolute atomic E-state index is 10.1. The highest BCUT2D eigenvalue weighted by Crippen LogP contribution is 2.17. The van der Waals surface area contributed by atoms with E-state index in [1.165, 1.54) is 5.56 Å². The van der Waals surface area contributed by atoms with Gasteiger partial charge in [0.1, 0.15) is 0 Å². The van der Waals surface area contributed by atoms with Gasteiger partial charge >= 0.3 is 0 Å². The molecule has 2 heteroatoms. The Morgan fingerprint density at radius 1 is 1.07 bits per heavy atom. The van der Waals surface area contributed by atoms with E-state index in [-0.39, 0.29) is 6.04 Å². The summed E-state index contributed by atoms with van der Waals surface area (Å²) < 4.78 is 0. The molecule has 0 bridgehead atoms. The zero-order chi connectivity index (χ0) is 11.4. The predicted molar refractivity (Wildman–Crippen MR) is 63.9 cm³/mol. The first-order valence-corrected chi connectivity index (χ1v) is 5.51. The highest BCUT2D eigenvalue weighted by atomic mass is 16.3. The largest absolute Gasteiger partial charge is 0.387 e. The number of rotatable bonds is 4. The predicted octanol–water partition coefficient (Wildman–Crippen LogP) is 2.41. The Morgan fingerprint density at radius 2 is 1.60 bits per heavy atom. The molecule has 0 aliphatic rings. The van der Waals surface area contributed by atoms with Gasteiger partial charge in [-0.25, -0.2) is 0 Å². The summed E-state index contributed by atoms with van der Waals surface area (Å²) in [6.45, 7) is 8.22. The van der Waals surface area contributed by atoms with E-state index >= 15 is 0 Å². The van der Waals surface area contributed by atoms with Crippen molar-refractivity contribution < 1.29 is 5.11 Å². The molecule has 0 heterocycles. The minimum absolute atomic E-state index is 0.0766. The van der Waals surface area contributed by atoms with E-state index in [9.17, 15) is 5.11 Å². The average molecular weight is 207 g/mol. The van der Waals surface area contributed by atoms with Gasteiger partial charge in [0.15, 0.2) is 0 Å². The molecule has 2 N–H and O–H groups in total. The summed E-state index contributed by atoms with van der Waals surface area (Å²) in [6.07, 6.45) is -0.437. The van der Waals surface area contributed by atoms with Crippen molar-refractivity contribution in [2.75, 3.05) is 0 Å². The van der Waals surface area contributed by atoms with Gasteiger partial charge in [-0.2, -0.15) is 0 Å². The molecule has 0 radical (unpaired) electrons. The first kappa shape index (κ1) is 12.2. The molecule has 1 aromatic rings. The molecule has 1 rings (SSSR count). The maximum Gasteiger partial charge on any atom is 0.0940 e. The van der Waals surface area contributed by atoms with Crippen LogP contribution in [0.15, 0.2) is 24.3 Å². The van der Waals surface area contributed by atoms with E-state index in [2.05, 4.69) is 19.2 Å². The minimum Gasteiger partial charge on any atom is -0.387 e. The Bertz CT molecular complexity index is 292. The molecule has 1 aromatic carbocycles. The normalized spacial score (nSPS) is 15.3. The smallest absolute Gasteiger partial charge is 0.0940 e. The van der Waals surface area contributed by atoms with E-state index in [1.54, 1.807) is 0 Å². The number of aliphatic hydroxyl groups excluding tert-OH is 1. The molecule has 15 heavy (non-hydrogen) atoms. The summed E-state index contributed by atoms with van der Waals surface area (Å²) in [5, 5.41) is 13.4. The zero-order valence-electron chi connectivity index (χ0n) is 9.99. The summed E-state index contributed by atoms with van der Waals surface area (Å²) in [5.74, 6) is 0. The van der Waals surface area contributed by atoms with Gasteiger partial charge < -0.3 is 10.4 Å². The SMILES string of the molecule is Cc1ccc([C@H](O)[C@@H](C)NC(C)C)cc1. The van der Waals surface area contributed by atoms with Crippen LogP contribution in [0.5, 0.6) is 0 Å². The summed E-state index contributed by atoms with van der Waals surface area (Å²) in [4.78, 5) is 0. The second-order valence-electron chi connectivity index (χ2n) is 4.47. The lowest BCUT2D eigenvalue weighted by Gasteiger charge is -2.22. The van der Waals surface area contributed by atoms with Crippen molar-refractivity contribution in [3.63, 3.8) is 0 Å². The Labute approximate surface area is 92.3 Å². The highest BCUT2D eigenvalue weighted by Gasteiger charge is 2.16. The van der Waals surface area contributed by atoms with Crippen LogP contribution >= 0.6 is 0 Å². The van der Waals surface area contributed by atoms with Gasteiger partial charge in [-0.15, -0.1) is 0 Å². The molecule has 0 amide bonds. The minimum atomic E-state index is -0.437. The molecule has 0 aromatic heterocycles. The standard InChI is InChI=1S/C13H21NO/c1-9(2)14-11(4)13(15)12-7-5-10(3)6-8-12/h5-9,11,13-15H,1-4H3/t11-,13-/m1/s1. The Balaban J connectivity index is 2.67. The number of aliphatic hydroxyl groups is 1. The van der Waals surface area contributed by atoms with E-state index in [1.807, 2.05) is 38.1 Å². The van der Waals surface area contributed by atoms with Gasteiger partial charge in [0, 0.05) is 12.1 Å². The number of hydrogen-bond acceptors (Lipinski definition) is 2. The van der Waals surface area contributed by atoms with Crippen molar-refractivity contribution in [2.24, 2.45) is 0 Å². The highest BCUT2D eigenvalue weighted by molar-refractivity contribution is 5.23. The fourth-order valence-corrected chi connectivity index (χ4v) is 1.67. The quantitative estimate of drug-likeness (QED) is 0.794. The Kier molecular flexibility index (Phi) is 4.30. The summed E-state index contributed by atoms with van der Waals surface area (Å²) in [7, 11) is 0. The van der Waals surface area contributed by atoms with Crippen molar-refractivity contribution in [3.05, 3.63) is 35.4 Å². The third-order valence-electron chi connectivity index (χ3n) is 2.49. The molecule has 84 valence electrons. The van der Waals surface area contributed by atoms with Gasteiger partial charge in [0.2, 0.25) is 0 Å². The number of hydrogen-bond donors (Lipinski definition) is 2. The second kappa shape index (κ2) is 5.29. The topological polar surface area (TPSA) is 32.3 Å². The molecule has 0 fully saturated rings. The molecule has 0 aliphatic carbocycles. The number of aryl methyl sites for hydroxylation is 1. The van der Waals surface area contributed by atoms with Crippen molar-refractivity contribution in [1.82, 2.24) is 5.32 Å². The van der Waals surface area contributed by atoms with Crippen molar-refractivity contribution >= 4 is 0 Å². The molecule has 0 saturated heterocycles. The van der Waals surface area contributed by atoms with Gasteiger partial charge in [-0.3, -0.25) is 0 Å². The van der Waals surface area contributed by atoms with Crippen LogP contribution in [0.3, 0.4) is 0 Å². The molecule has 2 nitrogen and oxygen atoms in total. The molecule has 0 saturated carbocycles. The molecule has 0 aliphatic heterocycles. The molecule has 0 unspecified atom stereocenters. The number of benzene rings is 1. The van der Waals surface area contributed by atoms with Crippen LogP contribution in [0, 0.1) is 6.92 Å². The molecular formula is C13H21NO. The van der Waals surface area contributed by atoms with Crippen molar-refractivity contribution in [3.8, 4) is 0 Å². The van der Waals surface area contributed by atoms with Crippen LogP contribution < -0.4 is 5.32 Å². The van der Waals surface area contributed by atoms with Gasteiger partial charge in [0.05, 0.1) is 6.10 Å². The van der Waals surface area contributed by atoms with Crippen LogP contribution in [0.2, 0.25) is 0 Å². The third kappa shape index (κ3) is 3.65. The fourth-order valence-electron chi connectivity index (χ4n) is 1.67. The van der Waals surface area contributed by atoms with Crippen LogP contribution in [-0.4, -0.2) is 17.2 Å². The molecule has 2 atom stereocenters. The summed E-state index contributed by atoms with van der Waals surface area (Å²) in [5.41, 5.74) is 2.19. The van der Waals surface area contributed by atoms with Crippen molar-refractivity contribution in [2.45, 2.75) is 45.9 Å². The first-order valence-electron chi connectivity index (χ1n) is 5.51. The average Bonchev–Trinajstić information content (AvgIpc) is 2.17. The number of nitrogens with one attached hydrogen (secondary N) is 1. The molecular weight excluding hydrogens is 186 g/mol. The monoisotopic (exact) mass is 207 g/mol. The Hall–Kier alpha value is -0.860. The third-order valence-corrected chi connectivity index (χ3v) is 2.49. The lowest BCUT2D eigenvalue weighted by Crippen LogP contribution is -2.36. The van der Waals surface area contributed by atoms with Crippen LogP contribution in [0.1, 0.15) is 38.0 Å². The lowest BCUT2D eigenvalue weighted by molar-refractivity contribution is 0.132. The van der Waals surface area contributed by atoms with Crippen LogP contribution in [0.25, 0.3) is 0 Å². The fraction of sp³-hybridized carbons (Fsp3) is 0.538. The molecule has 0 spiro atoms. The first-order chi connectivity index (χ1) is 7.00. The van der Waals surface area contributed by atoms with Gasteiger partial charge in [0.25, 0.3) is 0 Å². The van der Waals surface area contributed by atoms with E-state index in [4.69, 9.17) is 0 Å². The van der Waals surface area contributed by atoms with E-state index < -0.39 is 6.10 Å². The zero-order valence-corrected chi connectivity index (χ0v) is 9.99. The summed E-state index contributed by atoms with van der Waals surface area (Å²) in [6, 6.07) is 8.49. The second-order valence-corrected chi connectivity index (χ2v) is 4.47. The van der Waals surface area contributed by atoms with Crippen LogP contribution in [0.4, 0.5) is 0 Å². The maximum atomic E-state index is 10.1. The van der Waals surface area contributed by atoms with Gasteiger partial charge in [-0.05, 0) is 19.4 Å². The van der Waals surface area contributed by atoms with Gasteiger partial charge in [-0.1, -0.05) is 43.7 Å². The van der Waals surface area contributed by atoms with E-state index in [0.717, 1.165) is 5.56 Å².